The smallest absolute Gasteiger partial charge is 0.214 e. The van der Waals surface area contributed by atoms with Gasteiger partial charge >= 0.3 is 0 Å². The number of fused-ring (bicyclic) bond motifs is 2. The van der Waals surface area contributed by atoms with Crippen LogP contribution >= 0.6 is 0 Å². The maximum absolute atomic E-state index is 13.4. The molecule has 2 aromatic rings. The minimum absolute atomic E-state index is 0.400. The molecule has 0 amide bonds. The van der Waals surface area contributed by atoms with Crippen LogP contribution in [0.5, 0.6) is 0 Å². The average molecular weight is 469 g/mol. The van der Waals surface area contributed by atoms with Crippen LogP contribution in [0.25, 0.3) is 0 Å². The zero-order valence-electron chi connectivity index (χ0n) is 20.8. The van der Waals surface area contributed by atoms with E-state index in [4.69, 9.17) is 0 Å². The molecule has 0 spiro atoms. The monoisotopic (exact) mass is 468 g/mol. The Morgan fingerprint density at radius 3 is 2.82 bits per heavy atom. The van der Waals surface area contributed by atoms with E-state index in [-0.39, 0.29) is 0 Å². The van der Waals surface area contributed by atoms with Crippen molar-refractivity contribution >= 4 is 5.82 Å². The van der Waals surface area contributed by atoms with E-state index in [1.54, 1.807) is 6.07 Å². The molecule has 186 valence electrons. The van der Waals surface area contributed by atoms with Gasteiger partial charge in [-0.1, -0.05) is 37.5 Å². The van der Waals surface area contributed by atoms with Gasteiger partial charge in [0.2, 0.25) is 5.95 Å². The molecule has 3 heterocycles. The van der Waals surface area contributed by atoms with Gasteiger partial charge in [0.15, 0.2) is 0 Å². The molecule has 1 saturated heterocycles. The second kappa shape index (κ2) is 10.7. The van der Waals surface area contributed by atoms with Crippen LogP contribution in [0.3, 0.4) is 0 Å². The maximum Gasteiger partial charge on any atom is 0.214 e. The third-order valence-corrected chi connectivity index (χ3v) is 8.64. The van der Waals surface area contributed by atoms with Crippen LogP contribution in [-0.4, -0.2) is 57.6 Å². The molecule has 1 aliphatic heterocycles. The van der Waals surface area contributed by atoms with Gasteiger partial charge < -0.3 is 4.90 Å². The molecule has 2 aliphatic carbocycles. The summed E-state index contributed by atoms with van der Waals surface area (Å²) in [4.78, 5) is 8.71. The number of rotatable bonds is 9. The van der Waals surface area contributed by atoms with Gasteiger partial charge in [0, 0.05) is 38.9 Å². The minimum atomic E-state index is -0.400. The number of piperazine rings is 1. The molecule has 3 atom stereocenters. The Bertz CT molecular complexity index is 923. The molecule has 1 unspecified atom stereocenters. The van der Waals surface area contributed by atoms with Gasteiger partial charge in [0.05, 0.1) is 5.69 Å². The standard InChI is InChI=1S/C27H41FN6/c1-2-22-17-23-7-6-11-27(18-22,19-23)21-34-20-24(30-31-34)8-3-4-12-32-13-15-33(16-14-32)26-10-5-9-25(28)29-26/h5,9-10,20,22-23H,2-4,6-8,11-19,21H2,1H3/t22-,23+,27?/m0/s1. The number of nitrogens with zero attached hydrogens (tertiary/aromatic N) is 6. The van der Waals surface area contributed by atoms with E-state index < -0.39 is 5.95 Å². The number of aromatic nitrogens is 4. The van der Waals surface area contributed by atoms with Crippen molar-refractivity contribution in [3.05, 3.63) is 36.0 Å². The molecule has 0 radical (unpaired) electrons. The second-order valence-corrected chi connectivity index (χ2v) is 11.2. The topological polar surface area (TPSA) is 50.1 Å². The number of hydrogen-bond donors (Lipinski definition) is 0. The summed E-state index contributed by atoms with van der Waals surface area (Å²) < 4.78 is 15.6. The third kappa shape index (κ3) is 5.78. The first-order valence-electron chi connectivity index (χ1n) is 13.6. The molecular weight excluding hydrogens is 427 g/mol. The molecule has 3 aliphatic rings. The van der Waals surface area contributed by atoms with Crippen LogP contribution in [0.4, 0.5) is 10.2 Å². The fourth-order valence-corrected chi connectivity index (χ4v) is 6.94. The third-order valence-electron chi connectivity index (χ3n) is 8.64. The number of aryl methyl sites for hydroxylation is 1. The average Bonchev–Trinajstić information content (AvgIpc) is 3.28. The van der Waals surface area contributed by atoms with E-state index >= 15 is 0 Å². The van der Waals surface area contributed by atoms with E-state index in [9.17, 15) is 4.39 Å². The summed E-state index contributed by atoms with van der Waals surface area (Å²) >= 11 is 0. The highest BCUT2D eigenvalue weighted by molar-refractivity contribution is 5.38. The van der Waals surface area contributed by atoms with Crippen LogP contribution in [0.1, 0.15) is 70.4 Å². The predicted octanol–water partition coefficient (Wildman–Crippen LogP) is 4.95. The lowest BCUT2D eigenvalue weighted by Gasteiger charge is -2.48. The molecule has 0 aromatic carbocycles. The highest BCUT2D eigenvalue weighted by Crippen LogP contribution is 2.52. The van der Waals surface area contributed by atoms with Crippen molar-refractivity contribution in [2.45, 2.75) is 77.7 Å². The molecule has 3 fully saturated rings. The number of anilines is 1. The van der Waals surface area contributed by atoms with Gasteiger partial charge in [-0.25, -0.2) is 4.98 Å². The SMILES string of the molecule is CC[C@H]1C[C@H]2CCCC(Cn3cc(CCCCN4CCN(c5cccc(F)n5)CC4)nn3)(C2)C1. The molecule has 2 bridgehead atoms. The van der Waals surface area contributed by atoms with Gasteiger partial charge in [-0.2, -0.15) is 4.39 Å². The molecule has 7 heteroatoms. The number of halogens is 1. The van der Waals surface area contributed by atoms with Crippen molar-refractivity contribution < 1.29 is 4.39 Å². The number of pyridine rings is 1. The highest BCUT2D eigenvalue weighted by Gasteiger charge is 2.42. The Balaban J connectivity index is 1.03. The van der Waals surface area contributed by atoms with Crippen LogP contribution in [0, 0.1) is 23.2 Å². The van der Waals surface area contributed by atoms with E-state index in [0.717, 1.165) is 75.5 Å². The first-order valence-corrected chi connectivity index (χ1v) is 13.6. The fraction of sp³-hybridized carbons (Fsp3) is 0.741. The Labute approximate surface area is 203 Å². The first-order chi connectivity index (χ1) is 16.6. The Morgan fingerprint density at radius 1 is 1.12 bits per heavy atom. The summed E-state index contributed by atoms with van der Waals surface area (Å²) in [5.74, 6) is 2.21. The molecule has 5 rings (SSSR count). The van der Waals surface area contributed by atoms with Crippen molar-refractivity contribution in [1.82, 2.24) is 24.9 Å². The molecule has 34 heavy (non-hydrogen) atoms. The van der Waals surface area contributed by atoms with Crippen molar-refractivity contribution in [2.24, 2.45) is 17.3 Å². The van der Waals surface area contributed by atoms with E-state index in [0.29, 0.717) is 5.41 Å². The number of hydrogen-bond acceptors (Lipinski definition) is 5. The van der Waals surface area contributed by atoms with Crippen molar-refractivity contribution in [2.75, 3.05) is 37.6 Å². The Kier molecular flexibility index (Phi) is 7.47. The largest absolute Gasteiger partial charge is 0.354 e. The van der Waals surface area contributed by atoms with Crippen molar-refractivity contribution in [1.29, 1.82) is 0 Å². The summed E-state index contributed by atoms with van der Waals surface area (Å²) in [6.45, 7) is 8.39. The van der Waals surface area contributed by atoms with Gasteiger partial charge in [0.1, 0.15) is 5.82 Å². The van der Waals surface area contributed by atoms with E-state index in [2.05, 4.69) is 42.9 Å². The zero-order valence-corrected chi connectivity index (χ0v) is 20.8. The normalized spacial score (nSPS) is 27.8. The van der Waals surface area contributed by atoms with Crippen LogP contribution < -0.4 is 4.90 Å². The minimum Gasteiger partial charge on any atom is -0.354 e. The summed E-state index contributed by atoms with van der Waals surface area (Å²) in [7, 11) is 0. The highest BCUT2D eigenvalue weighted by atomic mass is 19.1. The molecule has 2 aromatic heterocycles. The lowest BCUT2D eigenvalue weighted by Crippen LogP contribution is -2.47. The van der Waals surface area contributed by atoms with Gasteiger partial charge in [-0.15, -0.1) is 5.10 Å². The zero-order chi connectivity index (χ0) is 23.4. The van der Waals surface area contributed by atoms with E-state index in [1.165, 1.54) is 57.4 Å². The molecule has 2 saturated carbocycles. The lowest BCUT2D eigenvalue weighted by molar-refractivity contribution is 0.0204. The van der Waals surface area contributed by atoms with Gasteiger partial charge in [-0.3, -0.25) is 9.58 Å². The Morgan fingerprint density at radius 2 is 2.00 bits per heavy atom. The molecule has 0 N–H and O–H groups in total. The van der Waals surface area contributed by atoms with Gasteiger partial charge in [-0.05, 0) is 80.9 Å². The van der Waals surface area contributed by atoms with E-state index in [1.807, 2.05) is 6.07 Å². The van der Waals surface area contributed by atoms with Crippen LogP contribution in [-0.2, 0) is 13.0 Å². The van der Waals surface area contributed by atoms with Gasteiger partial charge in [0.25, 0.3) is 0 Å². The maximum atomic E-state index is 13.4. The molecular formula is C27H41FN6. The van der Waals surface area contributed by atoms with Crippen LogP contribution in [0.2, 0.25) is 0 Å². The summed E-state index contributed by atoms with van der Waals surface area (Å²) in [6.07, 6.45) is 15.3. The summed E-state index contributed by atoms with van der Waals surface area (Å²) in [5.41, 5.74) is 1.62. The first kappa shape index (κ1) is 23.7. The Hall–Kier alpha value is -2.02. The molecule has 6 nitrogen and oxygen atoms in total. The summed E-state index contributed by atoms with van der Waals surface area (Å²) in [6, 6.07) is 5.04. The van der Waals surface area contributed by atoms with Crippen molar-refractivity contribution in [3.63, 3.8) is 0 Å². The van der Waals surface area contributed by atoms with Crippen molar-refractivity contribution in [3.8, 4) is 0 Å². The predicted molar refractivity (Wildman–Crippen MR) is 133 cm³/mol. The fourth-order valence-electron chi connectivity index (χ4n) is 6.94. The lowest BCUT2D eigenvalue weighted by atomic mass is 9.58. The number of unbranched alkanes of at least 4 members (excludes halogenated alkanes) is 1. The second-order valence-electron chi connectivity index (χ2n) is 11.2. The summed E-state index contributed by atoms with van der Waals surface area (Å²) in [5, 5.41) is 9.05. The van der Waals surface area contributed by atoms with Crippen LogP contribution in [0.15, 0.2) is 24.4 Å². The quantitative estimate of drug-likeness (QED) is 0.385.